The number of aliphatic hydroxyl groups excluding tert-OH is 1. The van der Waals surface area contributed by atoms with Crippen LogP contribution in [0.5, 0.6) is 11.5 Å². The molecule has 0 spiro atoms. The number of esters is 1. The lowest BCUT2D eigenvalue weighted by molar-refractivity contribution is -0.153. The quantitative estimate of drug-likeness (QED) is 0.826. The molecule has 0 aromatic heterocycles. The minimum absolute atomic E-state index is 0.223. The van der Waals surface area contributed by atoms with Crippen molar-refractivity contribution in [2.45, 2.75) is 26.9 Å². The third kappa shape index (κ3) is 2.98. The molecule has 0 radical (unpaired) electrons. The zero-order valence-corrected chi connectivity index (χ0v) is 11.9. The Bertz CT molecular complexity index is 467. The molecular weight excluding hydrogens is 248 g/mol. The summed E-state index contributed by atoms with van der Waals surface area (Å²) in [5.74, 6) is 0.404. The normalized spacial score (nSPS) is 11.9. The standard InChI is InChI=1S/C14H20O5/c1-6-19-14(16)12(15)10-7-11(17-4)13(18-5)9(3)8(10)2/h7,12,15H,6H2,1-5H3. The minimum atomic E-state index is -1.32. The van der Waals surface area contributed by atoms with Gasteiger partial charge in [-0.2, -0.15) is 0 Å². The second-order valence-electron chi connectivity index (χ2n) is 4.11. The SMILES string of the molecule is CCOC(=O)C(O)c1cc(OC)c(OC)c(C)c1C. The maximum absolute atomic E-state index is 11.6. The van der Waals surface area contributed by atoms with Crippen LogP contribution in [0.15, 0.2) is 6.07 Å². The lowest BCUT2D eigenvalue weighted by atomic mass is 9.97. The summed E-state index contributed by atoms with van der Waals surface area (Å²) in [5.41, 5.74) is 2.06. The number of carbonyl (C=O) groups excluding carboxylic acids is 1. The van der Waals surface area contributed by atoms with Gasteiger partial charge in [-0.15, -0.1) is 0 Å². The lowest BCUT2D eigenvalue weighted by Crippen LogP contribution is -2.17. The van der Waals surface area contributed by atoms with Gasteiger partial charge in [0.25, 0.3) is 0 Å². The summed E-state index contributed by atoms with van der Waals surface area (Å²) in [6.45, 7) is 5.58. The average Bonchev–Trinajstić information content (AvgIpc) is 2.41. The Morgan fingerprint density at radius 1 is 1.26 bits per heavy atom. The van der Waals surface area contributed by atoms with Crippen LogP contribution in [-0.2, 0) is 9.53 Å². The van der Waals surface area contributed by atoms with E-state index < -0.39 is 12.1 Å². The molecule has 0 heterocycles. The van der Waals surface area contributed by atoms with Crippen molar-refractivity contribution in [3.63, 3.8) is 0 Å². The second kappa shape index (κ2) is 6.43. The molecule has 0 amide bonds. The van der Waals surface area contributed by atoms with Gasteiger partial charge in [0.2, 0.25) is 0 Å². The highest BCUT2D eigenvalue weighted by atomic mass is 16.5. The van der Waals surface area contributed by atoms with Gasteiger partial charge >= 0.3 is 5.97 Å². The van der Waals surface area contributed by atoms with Gasteiger partial charge in [-0.05, 0) is 43.5 Å². The van der Waals surface area contributed by atoms with Gasteiger partial charge in [-0.3, -0.25) is 0 Å². The topological polar surface area (TPSA) is 65.0 Å². The molecule has 0 aliphatic carbocycles. The van der Waals surface area contributed by atoms with E-state index in [1.165, 1.54) is 7.11 Å². The van der Waals surface area contributed by atoms with E-state index in [4.69, 9.17) is 14.2 Å². The Morgan fingerprint density at radius 2 is 1.89 bits per heavy atom. The second-order valence-corrected chi connectivity index (χ2v) is 4.11. The van der Waals surface area contributed by atoms with Crippen molar-refractivity contribution < 1.29 is 24.1 Å². The summed E-state index contributed by atoms with van der Waals surface area (Å²) in [5, 5.41) is 10.0. The van der Waals surface area contributed by atoms with Gasteiger partial charge in [-0.1, -0.05) is 0 Å². The Labute approximate surface area is 113 Å². The highest BCUT2D eigenvalue weighted by Crippen LogP contribution is 2.37. The van der Waals surface area contributed by atoms with E-state index in [0.717, 1.165) is 11.1 Å². The van der Waals surface area contributed by atoms with E-state index in [-0.39, 0.29) is 6.61 Å². The first-order chi connectivity index (χ1) is 8.97. The number of aliphatic hydroxyl groups is 1. The van der Waals surface area contributed by atoms with Crippen molar-refractivity contribution in [3.05, 3.63) is 22.8 Å². The molecule has 0 aliphatic rings. The van der Waals surface area contributed by atoms with Crippen LogP contribution in [0.3, 0.4) is 0 Å². The first-order valence-electron chi connectivity index (χ1n) is 6.04. The number of hydrogen-bond donors (Lipinski definition) is 1. The molecule has 0 fully saturated rings. The van der Waals surface area contributed by atoms with Crippen LogP contribution in [0.1, 0.15) is 29.7 Å². The molecule has 0 aliphatic heterocycles. The van der Waals surface area contributed by atoms with E-state index in [9.17, 15) is 9.90 Å². The molecule has 0 saturated carbocycles. The van der Waals surface area contributed by atoms with E-state index in [2.05, 4.69) is 0 Å². The molecule has 106 valence electrons. The van der Waals surface area contributed by atoms with E-state index in [1.54, 1.807) is 20.1 Å². The van der Waals surface area contributed by atoms with Crippen molar-refractivity contribution in [1.29, 1.82) is 0 Å². The van der Waals surface area contributed by atoms with Gasteiger partial charge < -0.3 is 19.3 Å². The van der Waals surface area contributed by atoms with Crippen molar-refractivity contribution in [3.8, 4) is 11.5 Å². The third-order valence-electron chi connectivity index (χ3n) is 3.07. The van der Waals surface area contributed by atoms with Crippen LogP contribution in [0.25, 0.3) is 0 Å². The minimum Gasteiger partial charge on any atom is -0.493 e. The zero-order chi connectivity index (χ0) is 14.6. The monoisotopic (exact) mass is 268 g/mol. The van der Waals surface area contributed by atoms with Gasteiger partial charge in [0.05, 0.1) is 20.8 Å². The highest BCUT2D eigenvalue weighted by molar-refractivity contribution is 5.77. The van der Waals surface area contributed by atoms with Gasteiger partial charge in [-0.25, -0.2) is 4.79 Å². The third-order valence-corrected chi connectivity index (χ3v) is 3.07. The number of carbonyl (C=O) groups is 1. The Hall–Kier alpha value is -1.75. The number of ether oxygens (including phenoxy) is 3. The van der Waals surface area contributed by atoms with Crippen LogP contribution in [0.4, 0.5) is 0 Å². The summed E-state index contributed by atoms with van der Waals surface area (Å²) >= 11 is 0. The molecule has 0 bridgehead atoms. The fourth-order valence-corrected chi connectivity index (χ4v) is 1.92. The lowest BCUT2D eigenvalue weighted by Gasteiger charge is -2.19. The predicted octanol–water partition coefficient (Wildman–Crippen LogP) is 1.92. The molecule has 1 aromatic rings. The van der Waals surface area contributed by atoms with Gasteiger partial charge in [0.15, 0.2) is 17.6 Å². The molecule has 1 unspecified atom stereocenters. The molecule has 1 aromatic carbocycles. The Kier molecular flexibility index (Phi) is 5.18. The summed E-state index contributed by atoms with van der Waals surface area (Å²) < 4.78 is 15.3. The van der Waals surface area contributed by atoms with Crippen LogP contribution >= 0.6 is 0 Å². The Morgan fingerprint density at radius 3 is 2.37 bits per heavy atom. The first-order valence-corrected chi connectivity index (χ1v) is 6.04. The van der Waals surface area contributed by atoms with Crippen LogP contribution in [-0.4, -0.2) is 31.9 Å². The van der Waals surface area contributed by atoms with Crippen LogP contribution in [0, 0.1) is 13.8 Å². The molecule has 19 heavy (non-hydrogen) atoms. The largest absolute Gasteiger partial charge is 0.493 e. The number of hydrogen-bond acceptors (Lipinski definition) is 5. The van der Waals surface area contributed by atoms with E-state index in [0.29, 0.717) is 17.1 Å². The summed E-state index contributed by atoms with van der Waals surface area (Å²) in [7, 11) is 3.05. The fraction of sp³-hybridized carbons (Fsp3) is 0.500. The van der Waals surface area contributed by atoms with Crippen molar-refractivity contribution in [1.82, 2.24) is 0 Å². The number of rotatable bonds is 5. The van der Waals surface area contributed by atoms with Crippen molar-refractivity contribution in [2.75, 3.05) is 20.8 Å². The Balaban J connectivity index is 3.29. The number of benzene rings is 1. The van der Waals surface area contributed by atoms with Crippen molar-refractivity contribution in [2.24, 2.45) is 0 Å². The summed E-state index contributed by atoms with van der Waals surface area (Å²) in [6, 6.07) is 1.60. The van der Waals surface area contributed by atoms with Crippen molar-refractivity contribution >= 4 is 5.97 Å². The zero-order valence-electron chi connectivity index (χ0n) is 11.9. The fourth-order valence-electron chi connectivity index (χ4n) is 1.92. The van der Waals surface area contributed by atoms with Crippen LogP contribution < -0.4 is 9.47 Å². The molecule has 1 N–H and O–H groups in total. The summed E-state index contributed by atoms with van der Waals surface area (Å²) in [4.78, 5) is 11.6. The maximum Gasteiger partial charge on any atom is 0.339 e. The summed E-state index contributed by atoms with van der Waals surface area (Å²) in [6.07, 6.45) is -1.32. The molecule has 1 atom stereocenters. The molecular formula is C14H20O5. The molecule has 5 heteroatoms. The van der Waals surface area contributed by atoms with E-state index in [1.807, 2.05) is 13.8 Å². The highest BCUT2D eigenvalue weighted by Gasteiger charge is 2.24. The van der Waals surface area contributed by atoms with E-state index >= 15 is 0 Å². The van der Waals surface area contributed by atoms with Gasteiger partial charge in [0, 0.05) is 0 Å². The number of methoxy groups -OCH3 is 2. The predicted molar refractivity (Wildman–Crippen MR) is 70.6 cm³/mol. The maximum atomic E-state index is 11.6. The molecule has 5 nitrogen and oxygen atoms in total. The molecule has 0 saturated heterocycles. The van der Waals surface area contributed by atoms with Crippen LogP contribution in [0.2, 0.25) is 0 Å². The smallest absolute Gasteiger partial charge is 0.339 e. The molecule has 1 rings (SSSR count). The average molecular weight is 268 g/mol. The van der Waals surface area contributed by atoms with Gasteiger partial charge in [0.1, 0.15) is 0 Å². The first kappa shape index (κ1) is 15.3.